The Balaban J connectivity index is 1.67. The first-order chi connectivity index (χ1) is 15.8. The van der Waals surface area contributed by atoms with E-state index in [0.29, 0.717) is 30.5 Å². The molecule has 1 fully saturated rings. The lowest BCUT2D eigenvalue weighted by Gasteiger charge is -2.37. The number of fused-ring (bicyclic) bond motifs is 2. The monoisotopic (exact) mass is 468 g/mol. The van der Waals surface area contributed by atoms with Crippen LogP contribution < -0.4 is 0 Å². The Morgan fingerprint density at radius 1 is 1.24 bits per heavy atom. The van der Waals surface area contributed by atoms with Gasteiger partial charge >= 0.3 is 6.09 Å². The third-order valence-electron chi connectivity index (χ3n) is 6.46. The molecule has 176 valence electrons. The summed E-state index contributed by atoms with van der Waals surface area (Å²) in [7, 11) is 0. The average molecular weight is 469 g/mol. The second-order valence-corrected chi connectivity index (χ2v) is 10.4. The Bertz CT molecular complexity index is 1040. The molecule has 2 aliphatic rings. The van der Waals surface area contributed by atoms with E-state index in [-0.39, 0.29) is 18.6 Å². The number of carbonyl (C=O) groups is 1. The van der Waals surface area contributed by atoms with Gasteiger partial charge in [-0.2, -0.15) is 0 Å². The average Bonchev–Trinajstić information content (AvgIpc) is 2.91. The highest BCUT2D eigenvalue weighted by molar-refractivity contribution is 6.30. The number of nitrogens with zero attached hydrogens (tertiary/aromatic N) is 2. The normalized spacial score (nSPS) is 18.8. The van der Waals surface area contributed by atoms with E-state index in [4.69, 9.17) is 21.3 Å². The number of ether oxygens (including phenoxy) is 1. The lowest BCUT2D eigenvalue weighted by atomic mass is 9.76. The molecule has 0 bridgehead atoms. The molecule has 2 heterocycles. The molecule has 1 aliphatic heterocycles. The summed E-state index contributed by atoms with van der Waals surface area (Å²) in [6.07, 6.45) is 7.09. The van der Waals surface area contributed by atoms with Crippen LogP contribution in [0.1, 0.15) is 74.8 Å². The third kappa shape index (κ3) is 5.42. The highest BCUT2D eigenvalue weighted by Gasteiger charge is 2.36. The minimum absolute atomic E-state index is 0.122. The number of pyridine rings is 1. The van der Waals surface area contributed by atoms with Crippen molar-refractivity contribution in [2.24, 2.45) is 5.92 Å². The highest BCUT2D eigenvalue weighted by atomic mass is 35.5. The molecule has 33 heavy (non-hydrogen) atoms. The van der Waals surface area contributed by atoms with E-state index in [1.165, 1.54) is 11.1 Å². The van der Waals surface area contributed by atoms with Crippen LogP contribution in [0.5, 0.6) is 0 Å². The van der Waals surface area contributed by atoms with Crippen molar-refractivity contribution in [3.8, 4) is 0 Å². The van der Waals surface area contributed by atoms with Gasteiger partial charge in [0.1, 0.15) is 5.60 Å². The summed E-state index contributed by atoms with van der Waals surface area (Å²) in [6.45, 7) is 7.19. The number of benzene rings is 1. The van der Waals surface area contributed by atoms with E-state index in [1.807, 2.05) is 44.0 Å². The molecular weight excluding hydrogens is 436 g/mol. The van der Waals surface area contributed by atoms with Crippen LogP contribution in [0, 0.1) is 5.92 Å². The third-order valence-corrected chi connectivity index (χ3v) is 6.69. The van der Waals surface area contributed by atoms with E-state index >= 15 is 0 Å². The van der Waals surface area contributed by atoms with Crippen molar-refractivity contribution in [3.63, 3.8) is 0 Å². The summed E-state index contributed by atoms with van der Waals surface area (Å²) in [5.41, 5.74) is 5.27. The van der Waals surface area contributed by atoms with E-state index in [9.17, 15) is 9.90 Å². The molecule has 6 heteroatoms. The number of halogens is 1. The molecular formula is C27H33ClN2O3. The second kappa shape index (κ2) is 9.86. The molecule has 2 aromatic rings. The van der Waals surface area contributed by atoms with Crippen LogP contribution in [0.4, 0.5) is 4.79 Å². The van der Waals surface area contributed by atoms with Crippen molar-refractivity contribution in [2.45, 2.75) is 58.0 Å². The summed E-state index contributed by atoms with van der Waals surface area (Å²) < 4.78 is 5.59. The van der Waals surface area contributed by atoms with Crippen molar-refractivity contribution in [2.75, 3.05) is 19.7 Å². The van der Waals surface area contributed by atoms with Gasteiger partial charge in [0.25, 0.3) is 0 Å². The van der Waals surface area contributed by atoms with Crippen molar-refractivity contribution < 1.29 is 14.6 Å². The number of aliphatic hydroxyl groups excluding tert-OH is 1. The summed E-state index contributed by atoms with van der Waals surface area (Å²) in [5.74, 6) is 0.472. The number of likely N-dealkylation sites (tertiary alicyclic amines) is 1. The van der Waals surface area contributed by atoms with Gasteiger partial charge in [-0.3, -0.25) is 4.98 Å². The molecule has 5 nitrogen and oxygen atoms in total. The summed E-state index contributed by atoms with van der Waals surface area (Å²) in [5, 5.41) is 10.2. The van der Waals surface area contributed by atoms with Crippen molar-refractivity contribution >= 4 is 29.3 Å². The number of carbonyl (C=O) groups excluding carboxylic acids is 1. The minimum Gasteiger partial charge on any atom is -0.444 e. The van der Waals surface area contributed by atoms with Crippen LogP contribution in [-0.4, -0.2) is 46.4 Å². The first-order valence-electron chi connectivity index (χ1n) is 11.8. The van der Waals surface area contributed by atoms with Crippen LogP contribution in [0.3, 0.4) is 0 Å². The Morgan fingerprint density at radius 3 is 2.70 bits per heavy atom. The zero-order valence-electron chi connectivity index (χ0n) is 19.7. The zero-order chi connectivity index (χ0) is 23.6. The summed E-state index contributed by atoms with van der Waals surface area (Å²) in [4.78, 5) is 19.2. The number of amides is 1. The number of hydrogen-bond acceptors (Lipinski definition) is 4. The van der Waals surface area contributed by atoms with E-state index in [0.717, 1.165) is 36.1 Å². The van der Waals surface area contributed by atoms with Gasteiger partial charge in [-0.15, -0.1) is 0 Å². The number of aliphatic hydroxyl groups is 1. The van der Waals surface area contributed by atoms with Crippen LogP contribution in [0.25, 0.3) is 11.6 Å². The molecule has 0 saturated carbocycles. The number of hydrogen-bond donors (Lipinski definition) is 1. The molecule has 1 aromatic carbocycles. The minimum atomic E-state index is -0.493. The largest absolute Gasteiger partial charge is 0.444 e. The van der Waals surface area contributed by atoms with Gasteiger partial charge in [-0.05, 0) is 98.9 Å². The maximum Gasteiger partial charge on any atom is 0.410 e. The van der Waals surface area contributed by atoms with Crippen LogP contribution in [0.15, 0.2) is 36.5 Å². The molecule has 0 radical (unpaired) electrons. The molecule has 1 atom stereocenters. The maximum absolute atomic E-state index is 12.6. The molecule has 1 unspecified atom stereocenters. The molecule has 0 spiro atoms. The van der Waals surface area contributed by atoms with Gasteiger partial charge in [0.05, 0.1) is 5.69 Å². The molecule has 1 saturated heterocycles. The van der Waals surface area contributed by atoms with Crippen molar-refractivity contribution in [1.29, 1.82) is 0 Å². The second-order valence-electron chi connectivity index (χ2n) is 9.99. The fourth-order valence-corrected chi connectivity index (χ4v) is 5.17. The SMILES string of the molecule is CC(C)(C)OC(=O)N1CCC(C2c3ccc(Cl)cc3C(CCCO)=Cc3cccnc32)CC1. The van der Waals surface area contributed by atoms with Gasteiger partial charge < -0.3 is 14.7 Å². The Morgan fingerprint density at radius 2 is 2.00 bits per heavy atom. The van der Waals surface area contributed by atoms with Crippen LogP contribution in [-0.2, 0) is 4.74 Å². The Hall–Kier alpha value is -2.37. The van der Waals surface area contributed by atoms with E-state index in [1.54, 1.807) is 0 Å². The first kappa shape index (κ1) is 23.8. The number of rotatable bonds is 4. The molecule has 1 aromatic heterocycles. The molecule has 1 amide bonds. The predicted octanol–water partition coefficient (Wildman–Crippen LogP) is 6.14. The molecule has 1 N–H and O–H groups in total. The van der Waals surface area contributed by atoms with Crippen molar-refractivity contribution in [1.82, 2.24) is 9.88 Å². The quantitative estimate of drug-likeness (QED) is 0.585. The van der Waals surface area contributed by atoms with E-state index < -0.39 is 5.60 Å². The number of piperidine rings is 1. The smallest absolute Gasteiger partial charge is 0.410 e. The summed E-state index contributed by atoms with van der Waals surface area (Å²) in [6, 6.07) is 10.2. The predicted molar refractivity (Wildman–Crippen MR) is 132 cm³/mol. The lowest BCUT2D eigenvalue weighted by Crippen LogP contribution is -2.42. The van der Waals surface area contributed by atoms with Gasteiger partial charge in [0, 0.05) is 36.8 Å². The standard InChI is InChI=1S/C27H33ClN2O3/c1-27(2,3)33-26(32)30-13-10-18(11-14-30)24-22-9-8-21(28)17-23(22)19(7-5-15-31)16-20-6-4-12-29-25(20)24/h4,6,8-9,12,16-18,24,31H,5,7,10-11,13-15H2,1-3H3. The van der Waals surface area contributed by atoms with Crippen molar-refractivity contribution in [3.05, 3.63) is 63.9 Å². The Kier molecular flexibility index (Phi) is 7.10. The van der Waals surface area contributed by atoms with Crippen LogP contribution in [0.2, 0.25) is 5.02 Å². The highest BCUT2D eigenvalue weighted by Crippen LogP contribution is 2.45. The maximum atomic E-state index is 12.6. The topological polar surface area (TPSA) is 62.7 Å². The Labute approximate surface area is 201 Å². The fraction of sp³-hybridized carbons (Fsp3) is 0.481. The fourth-order valence-electron chi connectivity index (χ4n) is 5.00. The summed E-state index contributed by atoms with van der Waals surface area (Å²) >= 11 is 6.43. The first-order valence-corrected chi connectivity index (χ1v) is 12.2. The van der Waals surface area contributed by atoms with Gasteiger partial charge in [0.2, 0.25) is 0 Å². The molecule has 4 rings (SSSR count). The molecule has 1 aliphatic carbocycles. The zero-order valence-corrected chi connectivity index (χ0v) is 20.4. The van der Waals surface area contributed by atoms with Crippen LogP contribution >= 0.6 is 11.6 Å². The number of aromatic nitrogens is 1. The van der Waals surface area contributed by atoms with Gasteiger partial charge in [-0.1, -0.05) is 23.7 Å². The lowest BCUT2D eigenvalue weighted by molar-refractivity contribution is 0.0178. The van der Waals surface area contributed by atoms with Gasteiger partial charge in [0.15, 0.2) is 0 Å². The van der Waals surface area contributed by atoms with Gasteiger partial charge in [-0.25, -0.2) is 4.79 Å². The number of allylic oxidation sites excluding steroid dienone is 1. The van der Waals surface area contributed by atoms with E-state index in [2.05, 4.69) is 24.3 Å².